The Bertz CT molecular complexity index is 1200. The highest BCUT2D eigenvalue weighted by Gasteiger charge is 2.25. The number of rotatable bonds is 10. The molecule has 0 atom stereocenters. The van der Waals surface area contributed by atoms with Gasteiger partial charge in [-0.05, 0) is 69.4 Å². The largest absolute Gasteiger partial charge is 0.489 e. The zero-order chi connectivity index (χ0) is 27.0. The van der Waals surface area contributed by atoms with Gasteiger partial charge in [-0.25, -0.2) is 4.79 Å². The van der Waals surface area contributed by atoms with Crippen molar-refractivity contribution >= 4 is 17.7 Å². The molecule has 3 aromatic carbocycles. The highest BCUT2D eigenvalue weighted by atomic mass is 16.6. The average Bonchev–Trinajstić information content (AvgIpc) is 2.85. The molecule has 0 unspecified atom stereocenters. The van der Waals surface area contributed by atoms with Crippen LogP contribution in [-0.2, 0) is 29.1 Å². The summed E-state index contributed by atoms with van der Waals surface area (Å²) >= 11 is 0. The van der Waals surface area contributed by atoms with Gasteiger partial charge in [0.25, 0.3) is 0 Å². The smallest absolute Gasteiger partial charge is 0.410 e. The van der Waals surface area contributed by atoms with E-state index in [1.54, 1.807) is 4.90 Å². The summed E-state index contributed by atoms with van der Waals surface area (Å²) in [7, 11) is 0. The van der Waals surface area contributed by atoms with Crippen molar-refractivity contribution in [1.82, 2.24) is 4.90 Å². The number of carbonyl (C=O) groups excluding carboxylic acids is 2. The van der Waals surface area contributed by atoms with Crippen LogP contribution in [0.3, 0.4) is 0 Å². The Hall–Kier alpha value is -3.80. The molecule has 0 spiro atoms. The van der Waals surface area contributed by atoms with Crippen molar-refractivity contribution in [3.8, 4) is 5.75 Å². The lowest BCUT2D eigenvalue weighted by molar-refractivity contribution is -0.122. The number of amides is 2. The third-order valence-corrected chi connectivity index (χ3v) is 6.59. The van der Waals surface area contributed by atoms with E-state index in [0.717, 1.165) is 53.8 Å². The van der Waals surface area contributed by atoms with E-state index >= 15 is 0 Å². The Balaban J connectivity index is 1.40. The van der Waals surface area contributed by atoms with Gasteiger partial charge in [0.2, 0.25) is 5.91 Å². The van der Waals surface area contributed by atoms with Crippen LogP contribution in [0.15, 0.2) is 78.9 Å². The fraction of sp³-hybridized carbons (Fsp3) is 0.375. The lowest BCUT2D eigenvalue weighted by Crippen LogP contribution is -2.37. The Kier molecular flexibility index (Phi) is 9.06. The Morgan fingerprint density at radius 2 is 1.58 bits per heavy atom. The lowest BCUT2D eigenvalue weighted by atomic mass is 9.85. The van der Waals surface area contributed by atoms with Gasteiger partial charge in [0.15, 0.2) is 0 Å². The molecular formula is C32H38N2O4. The summed E-state index contributed by atoms with van der Waals surface area (Å²) in [6, 6.07) is 25.7. The molecule has 1 aliphatic rings. The minimum Gasteiger partial charge on any atom is -0.489 e. The number of para-hydroxylation sites is 1. The predicted octanol–water partition coefficient (Wildman–Crippen LogP) is 6.98. The summed E-state index contributed by atoms with van der Waals surface area (Å²) in [4.78, 5) is 27.0. The minimum absolute atomic E-state index is 0.107. The summed E-state index contributed by atoms with van der Waals surface area (Å²) in [5, 5.41) is 3.00. The first-order valence-electron chi connectivity index (χ1n) is 13.4. The molecule has 4 rings (SSSR count). The molecule has 0 radical (unpaired) electrons. The van der Waals surface area contributed by atoms with Crippen LogP contribution >= 0.6 is 0 Å². The summed E-state index contributed by atoms with van der Waals surface area (Å²) in [5.41, 5.74) is 3.29. The molecule has 1 N–H and O–H groups in total. The van der Waals surface area contributed by atoms with Crippen molar-refractivity contribution in [2.24, 2.45) is 5.92 Å². The first-order chi connectivity index (χ1) is 18.3. The second-order valence-corrected chi connectivity index (χ2v) is 10.8. The summed E-state index contributed by atoms with van der Waals surface area (Å²) in [6.45, 7) is 6.92. The second-order valence-electron chi connectivity index (χ2n) is 10.8. The second kappa shape index (κ2) is 12.6. The van der Waals surface area contributed by atoms with E-state index in [1.165, 1.54) is 0 Å². The molecule has 6 heteroatoms. The number of anilines is 1. The third kappa shape index (κ3) is 8.10. The van der Waals surface area contributed by atoms with E-state index in [-0.39, 0.29) is 17.9 Å². The SMILES string of the molecule is CC(C)(C)OC(=O)N(CCc1ccccc1)Cc1ccccc1OCc1ccc(NC(=O)C2CCC2)cc1. The monoisotopic (exact) mass is 514 g/mol. The van der Waals surface area contributed by atoms with Gasteiger partial charge in [0, 0.05) is 23.7 Å². The minimum atomic E-state index is -0.582. The zero-order valence-electron chi connectivity index (χ0n) is 22.6. The van der Waals surface area contributed by atoms with Gasteiger partial charge in [0.1, 0.15) is 18.0 Å². The van der Waals surface area contributed by atoms with Crippen LogP contribution in [0.1, 0.15) is 56.7 Å². The van der Waals surface area contributed by atoms with Gasteiger partial charge < -0.3 is 19.7 Å². The first kappa shape index (κ1) is 27.2. The van der Waals surface area contributed by atoms with Gasteiger partial charge in [0.05, 0.1) is 6.54 Å². The van der Waals surface area contributed by atoms with Gasteiger partial charge in [-0.3, -0.25) is 4.79 Å². The van der Waals surface area contributed by atoms with Crippen LogP contribution in [0.25, 0.3) is 0 Å². The van der Waals surface area contributed by atoms with Gasteiger partial charge >= 0.3 is 6.09 Å². The number of ether oxygens (including phenoxy) is 2. The molecule has 0 aromatic heterocycles. The molecule has 0 heterocycles. The van der Waals surface area contributed by atoms with Gasteiger partial charge in [-0.1, -0.05) is 67.1 Å². The van der Waals surface area contributed by atoms with Gasteiger partial charge in [-0.2, -0.15) is 0 Å². The maximum atomic E-state index is 13.1. The van der Waals surface area contributed by atoms with Crippen LogP contribution in [0.2, 0.25) is 0 Å². The maximum absolute atomic E-state index is 13.1. The predicted molar refractivity (Wildman–Crippen MR) is 150 cm³/mol. The Morgan fingerprint density at radius 3 is 2.24 bits per heavy atom. The number of nitrogens with zero attached hydrogens (tertiary/aromatic N) is 1. The van der Waals surface area contributed by atoms with E-state index < -0.39 is 5.60 Å². The number of hydrogen-bond acceptors (Lipinski definition) is 4. The van der Waals surface area contributed by atoms with E-state index in [2.05, 4.69) is 17.4 Å². The normalized spacial score (nSPS) is 13.3. The quantitative estimate of drug-likeness (QED) is 0.317. The fourth-order valence-electron chi connectivity index (χ4n) is 4.21. The number of nitrogens with one attached hydrogen (secondary N) is 1. The highest BCUT2D eigenvalue weighted by Crippen LogP contribution is 2.28. The molecule has 6 nitrogen and oxygen atoms in total. The van der Waals surface area contributed by atoms with Gasteiger partial charge in [-0.15, -0.1) is 0 Å². The maximum Gasteiger partial charge on any atom is 0.410 e. The lowest BCUT2D eigenvalue weighted by Gasteiger charge is -2.28. The highest BCUT2D eigenvalue weighted by molar-refractivity contribution is 5.93. The standard InChI is InChI=1S/C32H38N2O4/c1-32(2,3)38-31(36)34(21-20-24-10-5-4-6-11-24)22-27-12-7-8-15-29(27)37-23-25-16-18-28(19-17-25)33-30(35)26-13-9-14-26/h4-8,10-12,15-19,26H,9,13-14,20-23H2,1-3H3,(H,33,35). The summed E-state index contributed by atoms with van der Waals surface area (Å²) < 4.78 is 11.9. The van der Waals surface area contributed by atoms with Crippen molar-refractivity contribution in [2.45, 2.75) is 65.2 Å². The van der Waals surface area contributed by atoms with Crippen LogP contribution in [0, 0.1) is 5.92 Å². The van der Waals surface area contributed by atoms with Crippen molar-refractivity contribution in [1.29, 1.82) is 0 Å². The molecule has 3 aromatic rings. The van der Waals surface area contributed by atoms with E-state index in [9.17, 15) is 9.59 Å². The van der Waals surface area contributed by atoms with Crippen molar-refractivity contribution in [3.63, 3.8) is 0 Å². The van der Waals surface area contributed by atoms with Crippen LogP contribution < -0.4 is 10.1 Å². The third-order valence-electron chi connectivity index (χ3n) is 6.59. The molecular weight excluding hydrogens is 476 g/mol. The molecule has 1 fully saturated rings. The average molecular weight is 515 g/mol. The number of carbonyl (C=O) groups is 2. The molecule has 0 bridgehead atoms. The molecule has 38 heavy (non-hydrogen) atoms. The molecule has 0 saturated heterocycles. The Labute approximate surface area is 226 Å². The van der Waals surface area contributed by atoms with E-state index in [4.69, 9.17) is 9.47 Å². The molecule has 2 amide bonds. The van der Waals surface area contributed by atoms with E-state index in [1.807, 2.05) is 87.5 Å². The number of hydrogen-bond donors (Lipinski definition) is 1. The topological polar surface area (TPSA) is 67.9 Å². The van der Waals surface area contributed by atoms with Crippen LogP contribution in [0.4, 0.5) is 10.5 Å². The van der Waals surface area contributed by atoms with Crippen LogP contribution in [-0.4, -0.2) is 29.0 Å². The van der Waals surface area contributed by atoms with Crippen molar-refractivity contribution < 1.29 is 19.1 Å². The summed E-state index contributed by atoms with van der Waals surface area (Å²) in [5.74, 6) is 0.988. The Morgan fingerprint density at radius 1 is 0.895 bits per heavy atom. The molecule has 0 aliphatic heterocycles. The summed E-state index contributed by atoms with van der Waals surface area (Å²) in [6.07, 6.45) is 3.48. The van der Waals surface area contributed by atoms with Crippen molar-refractivity contribution in [2.75, 3.05) is 11.9 Å². The zero-order valence-corrected chi connectivity index (χ0v) is 22.6. The van der Waals surface area contributed by atoms with E-state index in [0.29, 0.717) is 19.7 Å². The first-order valence-corrected chi connectivity index (χ1v) is 13.4. The van der Waals surface area contributed by atoms with Crippen molar-refractivity contribution in [3.05, 3.63) is 95.6 Å². The van der Waals surface area contributed by atoms with Crippen LogP contribution in [0.5, 0.6) is 5.75 Å². The molecule has 1 aliphatic carbocycles. The number of benzene rings is 3. The fourth-order valence-corrected chi connectivity index (χ4v) is 4.21. The molecule has 1 saturated carbocycles. The molecule has 200 valence electrons.